The summed E-state index contributed by atoms with van der Waals surface area (Å²) >= 11 is 0. The number of alkyl halides is 6. The average Bonchev–Trinajstić information content (AvgIpc) is 3.31. The maximum Gasteiger partial charge on any atom is 0.411 e. The van der Waals surface area contributed by atoms with Crippen molar-refractivity contribution in [1.29, 1.82) is 0 Å². The SMILES string of the molecule is Cc1ccc(Oc2ccc(C(c3ccc(Oc4ccc(CCc5ccc(Oc6ccc(S(=O)(=O)c7ccc(Oc8ccc(C)cc8)cc7)cc6)cc5)cc4)cc3)(C(F)(F)F)C(F)(F)F)cc2)cc1. The van der Waals surface area contributed by atoms with Crippen LogP contribution in [0.2, 0.25) is 0 Å². The van der Waals surface area contributed by atoms with E-state index in [-0.39, 0.29) is 21.3 Å². The molecule has 0 saturated heterocycles. The van der Waals surface area contributed by atoms with Crippen molar-refractivity contribution in [2.45, 2.75) is 54.2 Å². The number of ether oxygens (including phenoxy) is 4. The molecule has 0 atom stereocenters. The number of benzene rings is 8. The highest BCUT2D eigenvalue weighted by molar-refractivity contribution is 7.91. The normalized spacial score (nSPS) is 12.1. The molecule has 8 rings (SSSR count). The molecule has 0 fully saturated rings. The minimum atomic E-state index is -5.75. The second-order valence-electron chi connectivity index (χ2n) is 16.1. The Morgan fingerprint density at radius 3 is 0.809 bits per heavy atom. The first kappa shape index (κ1) is 47.0. The standard InChI is InChI=1S/C55H42F6O6S/c1-37-3-17-43(18-4-37)64-47-25-13-41(14-26-47)53(54(56,57)58,55(59,60)61)42-15-27-48(28-16-42)66-45-21-9-39(10-22-45)7-8-40-11-23-46(24-12-40)67-50-31-35-52(36-32-50)68(62,63)51-33-29-49(30-34-51)65-44-19-5-38(2)6-20-44/h3-6,9-36H,7-8H2,1-2H3. The van der Waals surface area contributed by atoms with Gasteiger partial charge >= 0.3 is 12.4 Å². The summed E-state index contributed by atoms with van der Waals surface area (Å²) in [5, 5.41) is 0. The summed E-state index contributed by atoms with van der Waals surface area (Å²) in [5.74, 6) is 3.03. The van der Waals surface area contributed by atoms with Crippen molar-refractivity contribution in [2.24, 2.45) is 0 Å². The zero-order valence-electron chi connectivity index (χ0n) is 36.5. The molecule has 0 radical (unpaired) electrons. The van der Waals surface area contributed by atoms with Gasteiger partial charge in [-0.2, -0.15) is 26.3 Å². The topological polar surface area (TPSA) is 71.1 Å². The Morgan fingerprint density at radius 1 is 0.338 bits per heavy atom. The van der Waals surface area contributed by atoms with Gasteiger partial charge in [0.05, 0.1) is 9.79 Å². The van der Waals surface area contributed by atoms with E-state index < -0.39 is 38.7 Å². The van der Waals surface area contributed by atoms with E-state index in [1.807, 2.05) is 74.5 Å². The molecule has 0 heterocycles. The molecule has 346 valence electrons. The van der Waals surface area contributed by atoms with Crippen LogP contribution in [0.1, 0.15) is 33.4 Å². The molecule has 0 amide bonds. The van der Waals surface area contributed by atoms with Crippen LogP contribution in [0.15, 0.2) is 204 Å². The van der Waals surface area contributed by atoms with Crippen LogP contribution in [0.4, 0.5) is 26.3 Å². The van der Waals surface area contributed by atoms with Gasteiger partial charge < -0.3 is 18.9 Å². The fourth-order valence-electron chi connectivity index (χ4n) is 7.53. The first-order valence-corrected chi connectivity index (χ1v) is 22.8. The number of halogens is 6. The molecule has 6 nitrogen and oxygen atoms in total. The van der Waals surface area contributed by atoms with Crippen LogP contribution in [-0.2, 0) is 28.1 Å². The molecule has 0 bridgehead atoms. The number of aryl methyl sites for hydroxylation is 4. The largest absolute Gasteiger partial charge is 0.457 e. The smallest absolute Gasteiger partial charge is 0.411 e. The Morgan fingerprint density at radius 2 is 0.559 bits per heavy atom. The van der Waals surface area contributed by atoms with Crippen LogP contribution in [0.25, 0.3) is 0 Å². The Balaban J connectivity index is 0.849. The Labute approximate surface area is 389 Å². The average molecular weight is 945 g/mol. The van der Waals surface area contributed by atoms with Crippen molar-refractivity contribution in [1.82, 2.24) is 0 Å². The molecule has 0 unspecified atom stereocenters. The summed E-state index contributed by atoms with van der Waals surface area (Å²) in [6.07, 6.45) is -10.2. The van der Waals surface area contributed by atoms with Crippen LogP contribution in [0.3, 0.4) is 0 Å². The molecular formula is C55H42F6O6S. The Kier molecular flexibility index (Phi) is 13.4. The van der Waals surface area contributed by atoms with E-state index in [4.69, 9.17) is 18.9 Å². The summed E-state index contributed by atoms with van der Waals surface area (Å²) in [7, 11) is -3.79. The van der Waals surface area contributed by atoms with Gasteiger partial charge in [-0.3, -0.25) is 0 Å². The summed E-state index contributed by atoms with van der Waals surface area (Å²) < 4.78 is 139. The highest BCUT2D eigenvalue weighted by Gasteiger charge is 2.72. The van der Waals surface area contributed by atoms with Gasteiger partial charge in [0.2, 0.25) is 15.3 Å². The van der Waals surface area contributed by atoms with Crippen LogP contribution in [-0.4, -0.2) is 20.8 Å². The van der Waals surface area contributed by atoms with E-state index in [9.17, 15) is 34.8 Å². The molecule has 0 aliphatic rings. The highest BCUT2D eigenvalue weighted by Crippen LogP contribution is 2.56. The van der Waals surface area contributed by atoms with Gasteiger partial charge in [-0.15, -0.1) is 0 Å². The van der Waals surface area contributed by atoms with Gasteiger partial charge in [0.1, 0.15) is 46.0 Å². The minimum Gasteiger partial charge on any atom is -0.457 e. The summed E-state index contributed by atoms with van der Waals surface area (Å²) in [4.78, 5) is 0.246. The first-order chi connectivity index (χ1) is 32.5. The fourth-order valence-corrected chi connectivity index (χ4v) is 8.79. The number of sulfone groups is 1. The highest BCUT2D eigenvalue weighted by atomic mass is 32.2. The van der Waals surface area contributed by atoms with E-state index in [0.717, 1.165) is 70.8 Å². The van der Waals surface area contributed by atoms with Crippen molar-refractivity contribution >= 4 is 9.84 Å². The van der Waals surface area contributed by atoms with Crippen molar-refractivity contribution in [2.75, 3.05) is 0 Å². The third-order valence-electron chi connectivity index (χ3n) is 11.2. The predicted molar refractivity (Wildman–Crippen MR) is 247 cm³/mol. The maximum absolute atomic E-state index is 14.8. The lowest BCUT2D eigenvalue weighted by Crippen LogP contribution is -2.54. The first-order valence-electron chi connectivity index (χ1n) is 21.3. The molecule has 0 aliphatic carbocycles. The molecule has 0 aliphatic heterocycles. The molecule has 0 N–H and O–H groups in total. The Hall–Kier alpha value is -7.51. The molecule has 8 aromatic rings. The van der Waals surface area contributed by atoms with Gasteiger partial charge in [-0.1, -0.05) is 83.9 Å². The molecule has 13 heteroatoms. The van der Waals surface area contributed by atoms with Crippen LogP contribution in [0.5, 0.6) is 46.0 Å². The summed E-state index contributed by atoms with van der Waals surface area (Å²) in [5.41, 5.74) is -2.32. The second-order valence-corrected chi connectivity index (χ2v) is 18.0. The van der Waals surface area contributed by atoms with Crippen LogP contribution >= 0.6 is 0 Å². The van der Waals surface area contributed by atoms with E-state index in [0.29, 0.717) is 47.3 Å². The lowest BCUT2D eigenvalue weighted by molar-refractivity contribution is -0.288. The maximum atomic E-state index is 14.8. The van der Waals surface area contributed by atoms with Crippen molar-refractivity contribution in [3.05, 3.63) is 228 Å². The molecule has 68 heavy (non-hydrogen) atoms. The van der Waals surface area contributed by atoms with Gasteiger partial charge in [0.25, 0.3) is 0 Å². The van der Waals surface area contributed by atoms with Crippen LogP contribution in [0, 0.1) is 13.8 Å². The predicted octanol–water partition coefficient (Wildman–Crippen LogP) is 15.5. The molecule has 8 aromatic carbocycles. The van der Waals surface area contributed by atoms with Crippen LogP contribution < -0.4 is 18.9 Å². The van der Waals surface area contributed by atoms with E-state index in [2.05, 4.69) is 0 Å². The third-order valence-corrected chi connectivity index (χ3v) is 13.0. The minimum absolute atomic E-state index is 0.0522. The summed E-state index contributed by atoms with van der Waals surface area (Å²) in [6, 6.07) is 48.7. The van der Waals surface area contributed by atoms with E-state index >= 15 is 0 Å². The second kappa shape index (κ2) is 19.4. The number of rotatable bonds is 15. The van der Waals surface area contributed by atoms with E-state index in [1.54, 1.807) is 60.7 Å². The van der Waals surface area contributed by atoms with Gasteiger partial charge in [0, 0.05) is 0 Å². The zero-order chi connectivity index (χ0) is 48.1. The molecule has 0 aromatic heterocycles. The molecule has 0 spiro atoms. The lowest BCUT2D eigenvalue weighted by atomic mass is 9.73. The lowest BCUT2D eigenvalue weighted by Gasteiger charge is -2.38. The molecular weight excluding hydrogens is 903 g/mol. The van der Waals surface area contributed by atoms with Crippen molar-refractivity contribution < 1.29 is 53.7 Å². The number of hydrogen-bond donors (Lipinski definition) is 0. The summed E-state index contributed by atoms with van der Waals surface area (Å²) in [6.45, 7) is 3.84. The number of hydrogen-bond acceptors (Lipinski definition) is 6. The van der Waals surface area contributed by atoms with Gasteiger partial charge in [-0.25, -0.2) is 8.42 Å². The van der Waals surface area contributed by atoms with Gasteiger partial charge in [-0.05, 0) is 170 Å². The van der Waals surface area contributed by atoms with Crippen molar-refractivity contribution in [3.8, 4) is 46.0 Å². The third kappa shape index (κ3) is 10.5. The molecule has 0 saturated carbocycles. The Bertz CT molecular complexity index is 3030. The quantitative estimate of drug-likeness (QED) is 0.0954. The van der Waals surface area contributed by atoms with Crippen molar-refractivity contribution in [3.63, 3.8) is 0 Å². The fraction of sp³-hybridized carbons (Fsp3) is 0.127. The zero-order valence-corrected chi connectivity index (χ0v) is 37.3. The van der Waals surface area contributed by atoms with E-state index in [1.165, 1.54) is 24.3 Å². The van der Waals surface area contributed by atoms with Gasteiger partial charge in [0.15, 0.2) is 0 Å². The monoisotopic (exact) mass is 944 g/mol.